The standard InChI is InChI=1S/C25H19F4N3O2/c1-14-3-5-20(21(26)7-14)17-8-18(22-12-34-13-31-22)10-19(9-17)24(33)32-15(2)16-4-6-23(30-11-16)25(27,28)29/h3-13,15H,1-2H3,(H,32,33)/t15-/m1/s1. The number of alkyl halides is 3. The molecule has 1 amide bonds. The van der Waals surface area contributed by atoms with Crippen LogP contribution in [0.4, 0.5) is 17.6 Å². The maximum atomic E-state index is 14.7. The van der Waals surface area contributed by atoms with Gasteiger partial charge >= 0.3 is 6.18 Å². The van der Waals surface area contributed by atoms with Crippen molar-refractivity contribution in [3.63, 3.8) is 0 Å². The van der Waals surface area contributed by atoms with E-state index in [-0.39, 0.29) is 5.56 Å². The summed E-state index contributed by atoms with van der Waals surface area (Å²) < 4.78 is 58.0. The van der Waals surface area contributed by atoms with Crippen molar-refractivity contribution >= 4 is 5.91 Å². The number of amides is 1. The highest BCUT2D eigenvalue weighted by Crippen LogP contribution is 2.31. The van der Waals surface area contributed by atoms with E-state index in [1.54, 1.807) is 44.2 Å². The minimum absolute atomic E-state index is 0.224. The van der Waals surface area contributed by atoms with Gasteiger partial charge in [0.15, 0.2) is 6.39 Å². The lowest BCUT2D eigenvalue weighted by Gasteiger charge is -2.16. The Morgan fingerprint density at radius 1 is 1.03 bits per heavy atom. The molecule has 0 radical (unpaired) electrons. The first-order valence-electron chi connectivity index (χ1n) is 10.3. The van der Waals surface area contributed by atoms with Crippen LogP contribution in [-0.2, 0) is 6.18 Å². The number of hydrogen-bond acceptors (Lipinski definition) is 4. The molecule has 34 heavy (non-hydrogen) atoms. The lowest BCUT2D eigenvalue weighted by Crippen LogP contribution is -2.27. The average molecular weight is 469 g/mol. The summed E-state index contributed by atoms with van der Waals surface area (Å²) in [6.45, 7) is 3.40. The van der Waals surface area contributed by atoms with Crippen molar-refractivity contribution in [3.8, 4) is 22.4 Å². The molecule has 174 valence electrons. The Balaban J connectivity index is 1.66. The average Bonchev–Trinajstić information content (AvgIpc) is 3.33. The van der Waals surface area contributed by atoms with Crippen molar-refractivity contribution < 1.29 is 26.8 Å². The molecule has 2 aromatic carbocycles. The predicted octanol–water partition coefficient (Wildman–Crippen LogP) is 6.36. The van der Waals surface area contributed by atoms with Crippen molar-refractivity contribution in [2.24, 2.45) is 0 Å². The van der Waals surface area contributed by atoms with Gasteiger partial charge < -0.3 is 9.73 Å². The van der Waals surface area contributed by atoms with E-state index < -0.39 is 29.6 Å². The summed E-state index contributed by atoms with van der Waals surface area (Å²) in [6.07, 6.45) is -0.822. The number of carbonyl (C=O) groups is 1. The van der Waals surface area contributed by atoms with E-state index >= 15 is 0 Å². The van der Waals surface area contributed by atoms with Crippen molar-refractivity contribution in [1.82, 2.24) is 15.3 Å². The molecule has 0 aliphatic rings. The molecule has 1 N–H and O–H groups in total. The van der Waals surface area contributed by atoms with Gasteiger partial charge in [-0.05, 0) is 60.9 Å². The predicted molar refractivity (Wildman–Crippen MR) is 117 cm³/mol. The summed E-state index contributed by atoms with van der Waals surface area (Å²) >= 11 is 0. The van der Waals surface area contributed by atoms with Crippen LogP contribution in [0.2, 0.25) is 0 Å². The van der Waals surface area contributed by atoms with Crippen LogP contribution in [0.25, 0.3) is 22.4 Å². The van der Waals surface area contributed by atoms with E-state index in [0.29, 0.717) is 27.9 Å². The Morgan fingerprint density at radius 3 is 2.41 bits per heavy atom. The maximum absolute atomic E-state index is 14.7. The molecule has 5 nitrogen and oxygen atoms in total. The van der Waals surface area contributed by atoms with Crippen LogP contribution in [0, 0.1) is 12.7 Å². The Kier molecular flexibility index (Phi) is 6.19. The van der Waals surface area contributed by atoms with Crippen molar-refractivity contribution in [1.29, 1.82) is 0 Å². The summed E-state index contributed by atoms with van der Waals surface area (Å²) in [5, 5.41) is 2.75. The Hall–Kier alpha value is -4.01. The number of nitrogens with one attached hydrogen (secondary N) is 1. The van der Waals surface area contributed by atoms with Crippen LogP contribution in [0.3, 0.4) is 0 Å². The van der Waals surface area contributed by atoms with E-state index in [1.807, 2.05) is 0 Å². The molecule has 4 rings (SSSR count). The van der Waals surface area contributed by atoms with Gasteiger partial charge in [0.1, 0.15) is 23.5 Å². The Labute approximate surface area is 192 Å². The van der Waals surface area contributed by atoms with E-state index in [4.69, 9.17) is 4.42 Å². The molecule has 0 bridgehead atoms. The number of pyridine rings is 1. The highest BCUT2D eigenvalue weighted by atomic mass is 19.4. The molecule has 0 aliphatic heterocycles. The van der Waals surface area contributed by atoms with Gasteiger partial charge in [-0.2, -0.15) is 13.2 Å². The Bertz CT molecular complexity index is 1320. The van der Waals surface area contributed by atoms with Crippen molar-refractivity contribution in [2.45, 2.75) is 26.1 Å². The second-order valence-electron chi connectivity index (χ2n) is 7.83. The molecule has 2 heterocycles. The van der Waals surface area contributed by atoms with Gasteiger partial charge in [0, 0.05) is 22.9 Å². The van der Waals surface area contributed by atoms with E-state index in [2.05, 4.69) is 15.3 Å². The number of nitrogens with zero attached hydrogens (tertiary/aromatic N) is 2. The van der Waals surface area contributed by atoms with E-state index in [9.17, 15) is 22.4 Å². The lowest BCUT2D eigenvalue weighted by atomic mass is 9.97. The van der Waals surface area contributed by atoms with Crippen LogP contribution >= 0.6 is 0 Å². The fourth-order valence-electron chi connectivity index (χ4n) is 3.46. The van der Waals surface area contributed by atoms with Crippen LogP contribution in [-0.4, -0.2) is 15.9 Å². The Morgan fingerprint density at radius 2 is 1.79 bits per heavy atom. The van der Waals surface area contributed by atoms with E-state index in [0.717, 1.165) is 17.8 Å². The molecule has 0 saturated carbocycles. The minimum atomic E-state index is -4.55. The number of oxazole rings is 1. The zero-order chi connectivity index (χ0) is 24.5. The zero-order valence-electron chi connectivity index (χ0n) is 18.2. The molecule has 0 fully saturated rings. The van der Waals surface area contributed by atoms with Crippen molar-refractivity contribution in [2.75, 3.05) is 0 Å². The maximum Gasteiger partial charge on any atom is 0.433 e. The molecule has 0 aliphatic carbocycles. The molecule has 2 aromatic heterocycles. The van der Waals surface area contributed by atoms with Crippen LogP contribution in [0.15, 0.2) is 71.8 Å². The molecule has 0 unspecified atom stereocenters. The second-order valence-corrected chi connectivity index (χ2v) is 7.83. The van der Waals surface area contributed by atoms with Gasteiger partial charge in [-0.15, -0.1) is 0 Å². The normalized spacial score (nSPS) is 12.4. The smallest absolute Gasteiger partial charge is 0.433 e. The first-order valence-corrected chi connectivity index (χ1v) is 10.3. The number of rotatable bonds is 5. The van der Waals surface area contributed by atoms with Crippen LogP contribution in [0.5, 0.6) is 0 Å². The third-order valence-corrected chi connectivity index (χ3v) is 5.28. The zero-order valence-corrected chi connectivity index (χ0v) is 18.2. The number of aryl methyl sites for hydroxylation is 1. The topological polar surface area (TPSA) is 68.0 Å². The molecule has 9 heteroatoms. The second kappa shape index (κ2) is 9.09. The van der Waals surface area contributed by atoms with Crippen LogP contribution in [0.1, 0.15) is 40.1 Å². The highest BCUT2D eigenvalue weighted by Gasteiger charge is 2.32. The monoisotopic (exact) mass is 469 g/mol. The quantitative estimate of drug-likeness (QED) is 0.345. The highest BCUT2D eigenvalue weighted by molar-refractivity contribution is 5.97. The van der Waals surface area contributed by atoms with Crippen LogP contribution < -0.4 is 5.32 Å². The summed E-state index contributed by atoms with van der Waals surface area (Å²) in [5.41, 5.74) is 2.15. The summed E-state index contributed by atoms with van der Waals surface area (Å²) in [5.74, 6) is -0.931. The number of benzene rings is 2. The molecule has 0 saturated heterocycles. The van der Waals surface area contributed by atoms with Crippen molar-refractivity contribution in [3.05, 3.63) is 95.6 Å². The summed E-state index contributed by atoms with van der Waals surface area (Å²) in [4.78, 5) is 20.6. The third kappa shape index (κ3) is 4.98. The van der Waals surface area contributed by atoms with Gasteiger partial charge in [-0.3, -0.25) is 9.78 Å². The number of aromatic nitrogens is 2. The largest absolute Gasteiger partial charge is 0.451 e. The molecule has 1 atom stereocenters. The first kappa shape index (κ1) is 23.2. The minimum Gasteiger partial charge on any atom is -0.451 e. The van der Waals surface area contributed by atoms with Gasteiger partial charge in [-0.25, -0.2) is 9.37 Å². The van der Waals surface area contributed by atoms with Gasteiger partial charge in [0.25, 0.3) is 5.91 Å². The SMILES string of the molecule is Cc1ccc(-c2cc(C(=O)N[C@H](C)c3ccc(C(F)(F)F)nc3)cc(-c3cocn3)c2)c(F)c1. The fourth-order valence-corrected chi connectivity index (χ4v) is 3.46. The third-order valence-electron chi connectivity index (χ3n) is 5.28. The number of hydrogen-bond donors (Lipinski definition) is 1. The summed E-state index contributed by atoms with van der Waals surface area (Å²) in [7, 11) is 0. The first-order chi connectivity index (χ1) is 16.1. The number of halogens is 4. The molecule has 0 spiro atoms. The fraction of sp³-hybridized carbons (Fsp3) is 0.160. The lowest BCUT2D eigenvalue weighted by molar-refractivity contribution is -0.141. The molecular weight excluding hydrogens is 450 g/mol. The van der Waals surface area contributed by atoms with E-state index in [1.165, 1.54) is 24.8 Å². The van der Waals surface area contributed by atoms with Gasteiger partial charge in [-0.1, -0.05) is 18.2 Å². The molecular formula is C25H19F4N3O2. The summed E-state index contributed by atoms with van der Waals surface area (Å²) in [6, 6.07) is 11.1. The molecule has 4 aromatic rings. The van der Waals surface area contributed by atoms with Gasteiger partial charge in [0.2, 0.25) is 0 Å². The number of carbonyl (C=O) groups excluding carboxylic acids is 1. The van der Waals surface area contributed by atoms with Gasteiger partial charge in [0.05, 0.1) is 6.04 Å².